The van der Waals surface area contributed by atoms with Gasteiger partial charge in [-0.3, -0.25) is 4.99 Å². The first-order chi connectivity index (χ1) is 22.3. The van der Waals surface area contributed by atoms with Crippen molar-refractivity contribution in [1.82, 2.24) is 5.32 Å². The van der Waals surface area contributed by atoms with Crippen LogP contribution in [0.25, 0.3) is 60.7 Å². The molecule has 7 aromatic carbocycles. The lowest BCUT2D eigenvalue weighted by Crippen LogP contribution is -2.39. The molecule has 0 fully saturated rings. The minimum absolute atomic E-state index is 0.228. The molecule has 0 radical (unpaired) electrons. The van der Waals surface area contributed by atoms with E-state index in [1.165, 1.54) is 27.6 Å². The Balaban J connectivity index is 1.10. The highest BCUT2D eigenvalue weighted by atomic mass is 16.3. The molecule has 0 aliphatic carbocycles. The zero-order chi connectivity index (χ0) is 29.7. The molecule has 9 rings (SSSR count). The number of hydrogen-bond acceptors (Lipinski definition) is 3. The topological polar surface area (TPSA) is 37.5 Å². The monoisotopic (exact) mass is 576 g/mol. The first-order valence-electron chi connectivity index (χ1n) is 15.3. The van der Waals surface area contributed by atoms with E-state index in [9.17, 15) is 0 Å². The molecule has 1 N–H and O–H groups in total. The Hall–Kier alpha value is -5.93. The summed E-state index contributed by atoms with van der Waals surface area (Å²) in [5, 5.41) is 10.4. The minimum atomic E-state index is -0.228. The smallest absolute Gasteiger partial charge is 0.145 e. The van der Waals surface area contributed by atoms with Crippen LogP contribution in [0.5, 0.6) is 0 Å². The van der Waals surface area contributed by atoms with Crippen LogP contribution < -0.4 is 15.9 Å². The molecule has 1 aromatic heterocycles. The number of para-hydroxylation sites is 1. The fraction of sp³-hybridized carbons (Fsp3) is 0.0238. The fourth-order valence-electron chi connectivity index (χ4n) is 6.61. The molecule has 1 aliphatic heterocycles. The summed E-state index contributed by atoms with van der Waals surface area (Å²) in [5.41, 5.74) is 9.84. The molecule has 3 nitrogen and oxygen atoms in total. The van der Waals surface area contributed by atoms with Gasteiger partial charge < -0.3 is 9.73 Å². The second-order valence-electron chi connectivity index (χ2n) is 11.6. The third-order valence-corrected chi connectivity index (χ3v) is 8.90. The van der Waals surface area contributed by atoms with Gasteiger partial charge in [-0.05, 0) is 63.5 Å². The molecule has 45 heavy (non-hydrogen) atoms. The van der Waals surface area contributed by atoms with E-state index in [1.807, 2.05) is 6.07 Å². The highest BCUT2D eigenvalue weighted by molar-refractivity contribution is 6.15. The molecule has 0 saturated carbocycles. The van der Waals surface area contributed by atoms with Gasteiger partial charge in [0.15, 0.2) is 0 Å². The Labute approximate surface area is 260 Å². The SMILES string of the molecule is c1ccc(-c2ccc(-c3cccc(C4N=c5ccccc5=C(c5ccc6c(c5)oc5c7ccccc7ccc65)N4)c3)cc2)cc1. The number of hydrogen-bond donors (Lipinski definition) is 1. The van der Waals surface area contributed by atoms with Gasteiger partial charge in [-0.2, -0.15) is 0 Å². The second-order valence-corrected chi connectivity index (χ2v) is 11.6. The molecular weight excluding hydrogens is 548 g/mol. The van der Waals surface area contributed by atoms with Crippen LogP contribution >= 0.6 is 0 Å². The van der Waals surface area contributed by atoms with Gasteiger partial charge in [0.05, 0.1) is 11.1 Å². The lowest BCUT2D eigenvalue weighted by atomic mass is 9.98. The molecule has 8 aromatic rings. The van der Waals surface area contributed by atoms with Crippen molar-refractivity contribution in [2.45, 2.75) is 6.17 Å². The molecule has 0 amide bonds. The van der Waals surface area contributed by atoms with Crippen molar-refractivity contribution in [3.63, 3.8) is 0 Å². The van der Waals surface area contributed by atoms with Crippen LogP contribution in [0, 0.1) is 0 Å². The van der Waals surface area contributed by atoms with Crippen LogP contribution in [0.2, 0.25) is 0 Å². The highest BCUT2D eigenvalue weighted by Gasteiger charge is 2.19. The van der Waals surface area contributed by atoms with Crippen molar-refractivity contribution < 1.29 is 4.42 Å². The van der Waals surface area contributed by atoms with Gasteiger partial charge in [-0.25, -0.2) is 0 Å². The number of nitrogens with zero attached hydrogens (tertiary/aromatic N) is 1. The van der Waals surface area contributed by atoms with E-state index in [1.54, 1.807) is 0 Å². The predicted octanol–water partition coefficient (Wildman–Crippen LogP) is 9.15. The number of benzene rings is 7. The highest BCUT2D eigenvalue weighted by Crippen LogP contribution is 2.35. The van der Waals surface area contributed by atoms with Gasteiger partial charge in [-0.15, -0.1) is 0 Å². The standard InChI is InChI=1S/C42H28N2O/c1-2-9-27(10-3-1)28-17-19-29(20-18-28)31-12-8-13-33(25-31)42-43-38-16-7-6-15-37(38)40(44-42)32-22-23-35-36-24-21-30-11-4-5-14-34(30)41(36)45-39(35)26-32/h1-26,42,44H. The largest absolute Gasteiger partial charge is 0.455 e. The van der Waals surface area contributed by atoms with E-state index in [2.05, 4.69) is 157 Å². The first-order valence-corrected chi connectivity index (χ1v) is 15.3. The van der Waals surface area contributed by atoms with Gasteiger partial charge in [0.1, 0.15) is 17.3 Å². The van der Waals surface area contributed by atoms with Crippen LogP contribution in [0.3, 0.4) is 0 Å². The van der Waals surface area contributed by atoms with E-state index in [0.717, 1.165) is 54.7 Å². The van der Waals surface area contributed by atoms with E-state index >= 15 is 0 Å². The van der Waals surface area contributed by atoms with E-state index < -0.39 is 0 Å². The van der Waals surface area contributed by atoms with E-state index in [4.69, 9.17) is 9.41 Å². The third kappa shape index (κ3) is 4.40. The molecule has 3 heteroatoms. The number of furan rings is 1. The Morgan fingerprint density at radius 2 is 1.18 bits per heavy atom. The summed E-state index contributed by atoms with van der Waals surface area (Å²) in [5.74, 6) is 0. The quantitative estimate of drug-likeness (QED) is 0.227. The Morgan fingerprint density at radius 1 is 0.489 bits per heavy atom. The van der Waals surface area contributed by atoms with Gasteiger partial charge in [0.2, 0.25) is 0 Å². The summed E-state index contributed by atoms with van der Waals surface area (Å²) in [6, 6.07) is 55.6. The Kier molecular flexibility index (Phi) is 5.88. The van der Waals surface area contributed by atoms with Crippen molar-refractivity contribution in [1.29, 1.82) is 0 Å². The van der Waals surface area contributed by atoms with Gasteiger partial charge >= 0.3 is 0 Å². The predicted molar refractivity (Wildman–Crippen MR) is 184 cm³/mol. The lowest BCUT2D eigenvalue weighted by molar-refractivity contribution is 0.634. The van der Waals surface area contributed by atoms with Gasteiger partial charge in [-0.1, -0.05) is 127 Å². The van der Waals surface area contributed by atoms with Crippen molar-refractivity contribution in [2.24, 2.45) is 4.99 Å². The van der Waals surface area contributed by atoms with Gasteiger partial charge in [0, 0.05) is 26.9 Å². The molecule has 0 bridgehead atoms. The molecular formula is C42H28N2O. The molecule has 0 spiro atoms. The molecule has 0 saturated heterocycles. The van der Waals surface area contributed by atoms with Crippen molar-refractivity contribution in [2.75, 3.05) is 0 Å². The lowest BCUT2D eigenvalue weighted by Gasteiger charge is -2.23. The fourth-order valence-corrected chi connectivity index (χ4v) is 6.61. The summed E-state index contributed by atoms with van der Waals surface area (Å²) in [6.45, 7) is 0. The zero-order valence-electron chi connectivity index (χ0n) is 24.4. The van der Waals surface area contributed by atoms with Crippen LogP contribution in [0.15, 0.2) is 167 Å². The molecule has 2 heterocycles. The molecule has 212 valence electrons. The van der Waals surface area contributed by atoms with Crippen LogP contribution in [-0.2, 0) is 0 Å². The molecule has 1 unspecified atom stereocenters. The number of nitrogens with one attached hydrogen (secondary N) is 1. The number of rotatable bonds is 4. The third-order valence-electron chi connectivity index (χ3n) is 8.90. The average Bonchev–Trinajstić information content (AvgIpc) is 3.50. The summed E-state index contributed by atoms with van der Waals surface area (Å²) < 4.78 is 6.53. The maximum atomic E-state index is 6.53. The van der Waals surface area contributed by atoms with E-state index in [-0.39, 0.29) is 6.17 Å². The van der Waals surface area contributed by atoms with E-state index in [0.29, 0.717) is 0 Å². The maximum Gasteiger partial charge on any atom is 0.145 e. The average molecular weight is 577 g/mol. The Bertz CT molecular complexity index is 2510. The summed E-state index contributed by atoms with van der Waals surface area (Å²) in [7, 11) is 0. The minimum Gasteiger partial charge on any atom is -0.455 e. The van der Waals surface area contributed by atoms with Crippen molar-refractivity contribution in [3.05, 3.63) is 179 Å². The van der Waals surface area contributed by atoms with Crippen LogP contribution in [0.1, 0.15) is 17.3 Å². The van der Waals surface area contributed by atoms with Crippen molar-refractivity contribution in [3.8, 4) is 22.3 Å². The van der Waals surface area contributed by atoms with Crippen LogP contribution in [-0.4, -0.2) is 0 Å². The van der Waals surface area contributed by atoms with Crippen LogP contribution in [0.4, 0.5) is 0 Å². The first kappa shape index (κ1) is 25.6. The Morgan fingerprint density at radius 3 is 2.07 bits per heavy atom. The van der Waals surface area contributed by atoms with Gasteiger partial charge in [0.25, 0.3) is 0 Å². The molecule has 1 atom stereocenters. The summed E-state index contributed by atoms with van der Waals surface area (Å²) in [6.07, 6.45) is -0.228. The summed E-state index contributed by atoms with van der Waals surface area (Å²) in [4.78, 5) is 5.16. The zero-order valence-corrected chi connectivity index (χ0v) is 24.4. The summed E-state index contributed by atoms with van der Waals surface area (Å²) >= 11 is 0. The maximum absolute atomic E-state index is 6.53. The normalized spacial score (nSPS) is 14.3. The van der Waals surface area contributed by atoms with Crippen molar-refractivity contribution >= 4 is 38.4 Å². The number of fused-ring (bicyclic) bond motifs is 6. The molecule has 1 aliphatic rings. The second kappa shape index (κ2) is 10.4.